The number of thioether (sulfide) groups is 1. The molecule has 2 aromatic heterocycles. The number of amides is 1. The zero-order chi connectivity index (χ0) is 20.4. The lowest BCUT2D eigenvalue weighted by atomic mass is 10.1. The van der Waals surface area contributed by atoms with Gasteiger partial charge in [-0.15, -0.1) is 11.3 Å². The van der Waals surface area contributed by atoms with E-state index < -0.39 is 0 Å². The minimum absolute atomic E-state index is 0.149. The molecule has 5 nitrogen and oxygen atoms in total. The van der Waals surface area contributed by atoms with Crippen molar-refractivity contribution in [3.63, 3.8) is 0 Å². The second-order valence-electron chi connectivity index (χ2n) is 7.03. The van der Waals surface area contributed by atoms with E-state index in [4.69, 9.17) is 0 Å². The van der Waals surface area contributed by atoms with Crippen molar-refractivity contribution in [1.29, 1.82) is 0 Å². The zero-order valence-electron chi connectivity index (χ0n) is 16.5. The summed E-state index contributed by atoms with van der Waals surface area (Å²) >= 11 is 3.01. The third-order valence-electron chi connectivity index (χ3n) is 5.26. The number of carbonyl (C=O) groups is 1. The van der Waals surface area contributed by atoms with E-state index in [-0.39, 0.29) is 17.0 Å². The fraction of sp³-hybridized carbons (Fsp3) is 0.381. The Hall–Kier alpha value is -2.03. The van der Waals surface area contributed by atoms with Crippen molar-refractivity contribution in [3.8, 4) is 11.1 Å². The normalized spacial score (nSPS) is 16.3. The van der Waals surface area contributed by atoms with Gasteiger partial charge >= 0.3 is 0 Å². The summed E-state index contributed by atoms with van der Waals surface area (Å²) in [6, 6.07) is 6.44. The SMILES string of the molecule is CCN1CCN(C(=O)C(C)Sc2ncnc3scc(-c4ccc(F)cc4)c23)CC1. The number of halogens is 1. The summed E-state index contributed by atoms with van der Waals surface area (Å²) in [7, 11) is 0. The fourth-order valence-corrected chi connectivity index (χ4v) is 5.54. The molecule has 1 amide bonds. The molecule has 0 radical (unpaired) electrons. The van der Waals surface area contributed by atoms with Crippen molar-refractivity contribution in [2.75, 3.05) is 32.7 Å². The molecule has 3 aromatic rings. The molecule has 152 valence electrons. The van der Waals surface area contributed by atoms with Crippen LogP contribution in [-0.2, 0) is 4.79 Å². The minimum atomic E-state index is -0.262. The number of fused-ring (bicyclic) bond motifs is 1. The minimum Gasteiger partial charge on any atom is -0.339 e. The molecule has 1 fully saturated rings. The van der Waals surface area contributed by atoms with Crippen LogP contribution in [-0.4, -0.2) is 63.6 Å². The Balaban J connectivity index is 1.57. The number of thiophene rings is 1. The average Bonchev–Trinajstić information content (AvgIpc) is 3.19. The summed E-state index contributed by atoms with van der Waals surface area (Å²) in [6.45, 7) is 8.52. The van der Waals surface area contributed by atoms with E-state index in [1.165, 1.54) is 35.2 Å². The van der Waals surface area contributed by atoms with Gasteiger partial charge in [0.2, 0.25) is 5.91 Å². The molecule has 29 heavy (non-hydrogen) atoms. The van der Waals surface area contributed by atoms with Crippen molar-refractivity contribution in [2.45, 2.75) is 24.1 Å². The molecule has 0 saturated carbocycles. The zero-order valence-corrected chi connectivity index (χ0v) is 18.1. The van der Waals surface area contributed by atoms with E-state index in [1.807, 2.05) is 17.2 Å². The molecule has 0 N–H and O–H groups in total. The van der Waals surface area contributed by atoms with Crippen LogP contribution in [0.25, 0.3) is 21.3 Å². The van der Waals surface area contributed by atoms with Crippen LogP contribution in [0.3, 0.4) is 0 Å². The van der Waals surface area contributed by atoms with E-state index in [0.29, 0.717) is 0 Å². The van der Waals surface area contributed by atoms with Gasteiger partial charge in [0, 0.05) is 37.1 Å². The van der Waals surface area contributed by atoms with Gasteiger partial charge < -0.3 is 9.80 Å². The second-order valence-corrected chi connectivity index (χ2v) is 9.22. The first kappa shape index (κ1) is 20.3. The van der Waals surface area contributed by atoms with Crippen LogP contribution in [0, 0.1) is 5.82 Å². The van der Waals surface area contributed by atoms with Gasteiger partial charge in [0.15, 0.2) is 0 Å². The lowest BCUT2D eigenvalue weighted by Crippen LogP contribution is -2.50. The molecule has 1 atom stereocenters. The van der Waals surface area contributed by atoms with Crippen LogP contribution in [0.4, 0.5) is 4.39 Å². The molecule has 0 aliphatic carbocycles. The van der Waals surface area contributed by atoms with Crippen LogP contribution in [0.15, 0.2) is 41.0 Å². The highest BCUT2D eigenvalue weighted by Crippen LogP contribution is 2.39. The maximum Gasteiger partial charge on any atom is 0.235 e. The molecule has 4 rings (SSSR count). The monoisotopic (exact) mass is 430 g/mol. The van der Waals surface area contributed by atoms with Crippen LogP contribution in [0.5, 0.6) is 0 Å². The summed E-state index contributed by atoms with van der Waals surface area (Å²) in [5.41, 5.74) is 1.90. The molecular weight excluding hydrogens is 407 g/mol. The van der Waals surface area contributed by atoms with Crippen molar-refractivity contribution in [2.24, 2.45) is 0 Å². The lowest BCUT2D eigenvalue weighted by Gasteiger charge is -2.35. The summed E-state index contributed by atoms with van der Waals surface area (Å²) in [5, 5.41) is 3.52. The van der Waals surface area contributed by atoms with Gasteiger partial charge in [-0.1, -0.05) is 30.8 Å². The molecule has 1 saturated heterocycles. The Kier molecular flexibility index (Phi) is 6.12. The highest BCUT2D eigenvalue weighted by Gasteiger charge is 2.26. The molecule has 0 spiro atoms. The number of piperazine rings is 1. The third-order valence-corrected chi connectivity index (χ3v) is 7.23. The first-order valence-electron chi connectivity index (χ1n) is 9.72. The van der Waals surface area contributed by atoms with Crippen molar-refractivity contribution >= 4 is 39.2 Å². The Labute approximate surface area is 177 Å². The fourth-order valence-electron chi connectivity index (χ4n) is 3.54. The molecule has 1 aliphatic heterocycles. The van der Waals surface area contributed by atoms with Gasteiger partial charge in [0.1, 0.15) is 22.0 Å². The van der Waals surface area contributed by atoms with Crippen LogP contribution >= 0.6 is 23.1 Å². The number of carbonyl (C=O) groups excluding carboxylic acids is 1. The van der Waals surface area contributed by atoms with Gasteiger partial charge in [-0.3, -0.25) is 4.79 Å². The number of rotatable bonds is 5. The molecule has 1 aliphatic rings. The Morgan fingerprint density at radius 1 is 1.21 bits per heavy atom. The highest BCUT2D eigenvalue weighted by atomic mass is 32.2. The molecule has 3 heterocycles. The predicted molar refractivity (Wildman–Crippen MR) is 117 cm³/mol. The molecule has 1 aromatic carbocycles. The van der Waals surface area contributed by atoms with Gasteiger partial charge in [-0.05, 0) is 31.2 Å². The number of benzene rings is 1. The maximum absolute atomic E-state index is 13.3. The van der Waals surface area contributed by atoms with Crippen LogP contribution < -0.4 is 0 Å². The number of nitrogens with zero attached hydrogens (tertiary/aromatic N) is 4. The number of hydrogen-bond donors (Lipinski definition) is 0. The summed E-state index contributed by atoms with van der Waals surface area (Å²) in [4.78, 5) is 27.0. The van der Waals surface area contributed by atoms with Crippen LogP contribution in [0.1, 0.15) is 13.8 Å². The van der Waals surface area contributed by atoms with Gasteiger partial charge in [0.25, 0.3) is 0 Å². The van der Waals surface area contributed by atoms with Gasteiger partial charge in [0.05, 0.1) is 10.6 Å². The summed E-state index contributed by atoms with van der Waals surface area (Å²) < 4.78 is 13.3. The highest BCUT2D eigenvalue weighted by molar-refractivity contribution is 8.00. The average molecular weight is 431 g/mol. The topological polar surface area (TPSA) is 49.3 Å². The van der Waals surface area contributed by atoms with E-state index in [2.05, 4.69) is 21.8 Å². The number of aromatic nitrogens is 2. The Morgan fingerprint density at radius 3 is 2.62 bits per heavy atom. The standard InChI is InChI=1S/C21H23FN4OS2/c1-3-25-8-10-26(11-9-25)21(27)14(2)29-20-18-17(12-28-19(18)23-13-24-20)15-4-6-16(22)7-5-15/h4-7,12-14H,3,8-11H2,1-2H3. The van der Waals surface area contributed by atoms with Crippen molar-refractivity contribution in [1.82, 2.24) is 19.8 Å². The molecule has 0 bridgehead atoms. The third kappa shape index (κ3) is 4.29. The summed E-state index contributed by atoms with van der Waals surface area (Å²) in [6.07, 6.45) is 1.55. The maximum atomic E-state index is 13.3. The summed E-state index contributed by atoms with van der Waals surface area (Å²) in [5.74, 6) is -0.113. The largest absolute Gasteiger partial charge is 0.339 e. The Morgan fingerprint density at radius 2 is 1.93 bits per heavy atom. The van der Waals surface area contributed by atoms with Crippen molar-refractivity contribution < 1.29 is 9.18 Å². The van der Waals surface area contributed by atoms with Gasteiger partial charge in [-0.2, -0.15) is 0 Å². The van der Waals surface area contributed by atoms with E-state index >= 15 is 0 Å². The van der Waals surface area contributed by atoms with Crippen molar-refractivity contribution in [3.05, 3.63) is 41.8 Å². The molecular formula is C21H23FN4OS2. The quantitative estimate of drug-likeness (QED) is 0.450. The number of hydrogen-bond acceptors (Lipinski definition) is 6. The number of likely N-dealkylation sites (N-methyl/N-ethyl adjacent to an activating group) is 1. The second kappa shape index (κ2) is 8.77. The van der Waals surface area contributed by atoms with Gasteiger partial charge in [-0.25, -0.2) is 14.4 Å². The lowest BCUT2D eigenvalue weighted by molar-refractivity contribution is -0.132. The first-order valence-corrected chi connectivity index (χ1v) is 11.5. The smallest absolute Gasteiger partial charge is 0.235 e. The van der Waals surface area contributed by atoms with Crippen LogP contribution in [0.2, 0.25) is 0 Å². The molecule has 1 unspecified atom stereocenters. The van der Waals surface area contributed by atoms with E-state index in [1.54, 1.807) is 18.5 Å². The predicted octanol–water partition coefficient (Wildman–Crippen LogP) is 4.14. The van der Waals surface area contributed by atoms with E-state index in [9.17, 15) is 9.18 Å². The van der Waals surface area contributed by atoms with E-state index in [0.717, 1.165) is 59.1 Å². The first-order chi connectivity index (χ1) is 14.1. The molecule has 8 heteroatoms. The Bertz CT molecular complexity index is 1000.